The molecular weight excluding hydrogens is 162 g/mol. The number of rotatable bonds is 4. The van der Waals surface area contributed by atoms with Gasteiger partial charge >= 0.3 is 0 Å². The van der Waals surface area contributed by atoms with Crippen LogP contribution in [0.2, 0.25) is 0 Å². The van der Waals surface area contributed by atoms with E-state index in [1.165, 1.54) is 32.2 Å². The van der Waals surface area contributed by atoms with E-state index in [1.807, 2.05) is 0 Å². The second-order valence-electron chi connectivity index (χ2n) is 4.16. The van der Waals surface area contributed by atoms with Crippen molar-refractivity contribution >= 4 is 0 Å². The lowest BCUT2D eigenvalue weighted by Crippen LogP contribution is -2.38. The van der Waals surface area contributed by atoms with Crippen molar-refractivity contribution in [1.29, 1.82) is 0 Å². The van der Waals surface area contributed by atoms with E-state index in [0.29, 0.717) is 0 Å². The number of nitrogens with zero attached hydrogens (tertiary/aromatic N) is 1. The average molecular weight is 185 g/mol. The van der Waals surface area contributed by atoms with Gasteiger partial charge in [-0.05, 0) is 45.2 Å². The van der Waals surface area contributed by atoms with Crippen LogP contribution in [0.25, 0.3) is 0 Å². The van der Waals surface area contributed by atoms with Crippen molar-refractivity contribution in [2.75, 3.05) is 20.1 Å². The van der Waals surface area contributed by atoms with Gasteiger partial charge in [0, 0.05) is 12.6 Å². The van der Waals surface area contributed by atoms with Crippen LogP contribution in [0.4, 0.5) is 0 Å². The van der Waals surface area contributed by atoms with Crippen molar-refractivity contribution in [3.8, 4) is 0 Å². The molecular formula is C10H23N3. The van der Waals surface area contributed by atoms with Gasteiger partial charge < -0.3 is 4.90 Å². The SMILES string of the molecule is CCN(C)C1CCC(CNN)CC1. The van der Waals surface area contributed by atoms with Crippen LogP contribution in [0.15, 0.2) is 0 Å². The predicted molar refractivity (Wildman–Crippen MR) is 56.2 cm³/mol. The quantitative estimate of drug-likeness (QED) is 0.506. The van der Waals surface area contributed by atoms with E-state index in [0.717, 1.165) is 18.5 Å². The highest BCUT2D eigenvalue weighted by Gasteiger charge is 2.22. The first-order valence-corrected chi connectivity index (χ1v) is 5.41. The van der Waals surface area contributed by atoms with E-state index in [-0.39, 0.29) is 0 Å². The van der Waals surface area contributed by atoms with Crippen LogP contribution >= 0.6 is 0 Å². The first-order chi connectivity index (χ1) is 6.27. The molecule has 3 nitrogen and oxygen atoms in total. The molecule has 0 aromatic heterocycles. The molecule has 1 aliphatic carbocycles. The van der Waals surface area contributed by atoms with Gasteiger partial charge in [0.1, 0.15) is 0 Å². The lowest BCUT2D eigenvalue weighted by atomic mass is 9.85. The molecule has 1 rings (SSSR count). The largest absolute Gasteiger partial charge is 0.304 e. The third-order valence-corrected chi connectivity index (χ3v) is 3.34. The summed E-state index contributed by atoms with van der Waals surface area (Å²) in [5.74, 6) is 6.13. The molecule has 1 fully saturated rings. The molecule has 0 amide bonds. The molecule has 0 unspecified atom stereocenters. The first kappa shape index (κ1) is 11.0. The molecule has 0 saturated heterocycles. The highest BCUT2D eigenvalue weighted by atomic mass is 15.2. The fourth-order valence-corrected chi connectivity index (χ4v) is 2.21. The van der Waals surface area contributed by atoms with Gasteiger partial charge in [-0.25, -0.2) is 0 Å². The maximum atomic E-state index is 5.32. The van der Waals surface area contributed by atoms with E-state index in [2.05, 4.69) is 24.3 Å². The van der Waals surface area contributed by atoms with Crippen molar-refractivity contribution in [1.82, 2.24) is 10.3 Å². The third-order valence-electron chi connectivity index (χ3n) is 3.34. The van der Waals surface area contributed by atoms with E-state index < -0.39 is 0 Å². The van der Waals surface area contributed by atoms with Crippen LogP contribution in [0.5, 0.6) is 0 Å². The second kappa shape index (κ2) is 5.58. The average Bonchev–Trinajstić information content (AvgIpc) is 2.18. The van der Waals surface area contributed by atoms with Crippen LogP contribution in [0, 0.1) is 5.92 Å². The number of nitrogens with one attached hydrogen (secondary N) is 1. The fraction of sp³-hybridized carbons (Fsp3) is 1.00. The van der Waals surface area contributed by atoms with Gasteiger partial charge in [0.25, 0.3) is 0 Å². The van der Waals surface area contributed by atoms with Gasteiger partial charge in [-0.1, -0.05) is 6.92 Å². The Labute approximate surface area is 81.6 Å². The summed E-state index contributed by atoms with van der Waals surface area (Å²) in [6.07, 6.45) is 5.35. The highest BCUT2D eigenvalue weighted by molar-refractivity contribution is 4.78. The molecule has 0 aromatic carbocycles. The molecule has 1 saturated carbocycles. The summed E-state index contributed by atoms with van der Waals surface area (Å²) in [6, 6.07) is 0.819. The summed E-state index contributed by atoms with van der Waals surface area (Å²) in [5.41, 5.74) is 2.78. The molecule has 78 valence electrons. The summed E-state index contributed by atoms with van der Waals surface area (Å²) in [5, 5.41) is 0. The minimum absolute atomic E-state index is 0.812. The van der Waals surface area contributed by atoms with Gasteiger partial charge in [0.15, 0.2) is 0 Å². The molecule has 0 aromatic rings. The number of hydrogen-bond acceptors (Lipinski definition) is 3. The zero-order valence-electron chi connectivity index (χ0n) is 8.92. The smallest absolute Gasteiger partial charge is 0.0126 e. The van der Waals surface area contributed by atoms with Crippen LogP contribution in [-0.2, 0) is 0 Å². The Balaban J connectivity index is 2.22. The summed E-state index contributed by atoms with van der Waals surface area (Å²) in [4.78, 5) is 2.46. The highest BCUT2D eigenvalue weighted by Crippen LogP contribution is 2.26. The Bertz CT molecular complexity index is 130. The minimum Gasteiger partial charge on any atom is -0.304 e. The lowest BCUT2D eigenvalue weighted by molar-refractivity contribution is 0.170. The maximum absolute atomic E-state index is 5.32. The van der Waals surface area contributed by atoms with Gasteiger partial charge in [0.2, 0.25) is 0 Å². The Morgan fingerprint density at radius 1 is 1.31 bits per heavy atom. The Hall–Kier alpha value is -0.120. The summed E-state index contributed by atoms with van der Waals surface area (Å²) in [7, 11) is 2.23. The molecule has 0 radical (unpaired) electrons. The topological polar surface area (TPSA) is 41.3 Å². The van der Waals surface area contributed by atoms with Crippen LogP contribution in [-0.4, -0.2) is 31.1 Å². The Kier molecular flexibility index (Phi) is 4.70. The third kappa shape index (κ3) is 3.25. The zero-order chi connectivity index (χ0) is 9.68. The molecule has 3 N–H and O–H groups in total. The van der Waals surface area contributed by atoms with Crippen molar-refractivity contribution in [3.05, 3.63) is 0 Å². The standard InChI is InChI=1S/C10H23N3/c1-3-13(2)10-6-4-9(5-7-10)8-12-11/h9-10,12H,3-8,11H2,1-2H3. The molecule has 0 spiro atoms. The van der Waals surface area contributed by atoms with Crippen molar-refractivity contribution in [3.63, 3.8) is 0 Å². The van der Waals surface area contributed by atoms with Crippen LogP contribution in [0.1, 0.15) is 32.6 Å². The van der Waals surface area contributed by atoms with E-state index in [4.69, 9.17) is 5.84 Å². The maximum Gasteiger partial charge on any atom is 0.0126 e. The van der Waals surface area contributed by atoms with Crippen LogP contribution < -0.4 is 11.3 Å². The van der Waals surface area contributed by atoms with Crippen molar-refractivity contribution < 1.29 is 0 Å². The van der Waals surface area contributed by atoms with E-state index in [1.54, 1.807) is 0 Å². The fourth-order valence-electron chi connectivity index (χ4n) is 2.21. The normalized spacial score (nSPS) is 29.5. The molecule has 0 heterocycles. The second-order valence-corrected chi connectivity index (χ2v) is 4.16. The Morgan fingerprint density at radius 3 is 2.38 bits per heavy atom. The van der Waals surface area contributed by atoms with Gasteiger partial charge in [-0.3, -0.25) is 11.3 Å². The monoisotopic (exact) mass is 185 g/mol. The molecule has 3 heteroatoms. The summed E-state index contributed by atoms with van der Waals surface area (Å²) < 4.78 is 0. The number of nitrogens with two attached hydrogens (primary N) is 1. The zero-order valence-corrected chi connectivity index (χ0v) is 8.92. The van der Waals surface area contributed by atoms with Gasteiger partial charge in [-0.15, -0.1) is 0 Å². The molecule has 0 atom stereocenters. The molecule has 1 aliphatic rings. The van der Waals surface area contributed by atoms with Gasteiger partial charge in [-0.2, -0.15) is 0 Å². The minimum atomic E-state index is 0.812. The summed E-state index contributed by atoms with van der Waals surface area (Å²) in [6.45, 7) is 4.39. The van der Waals surface area contributed by atoms with Gasteiger partial charge in [0.05, 0.1) is 0 Å². The van der Waals surface area contributed by atoms with Crippen molar-refractivity contribution in [2.24, 2.45) is 11.8 Å². The van der Waals surface area contributed by atoms with E-state index in [9.17, 15) is 0 Å². The Morgan fingerprint density at radius 2 is 1.92 bits per heavy atom. The van der Waals surface area contributed by atoms with Crippen molar-refractivity contribution in [2.45, 2.75) is 38.6 Å². The molecule has 13 heavy (non-hydrogen) atoms. The molecule has 0 aliphatic heterocycles. The number of hydrogen-bond donors (Lipinski definition) is 2. The van der Waals surface area contributed by atoms with Crippen LogP contribution in [0.3, 0.4) is 0 Å². The molecule has 0 bridgehead atoms. The first-order valence-electron chi connectivity index (χ1n) is 5.41. The predicted octanol–water partition coefficient (Wildman–Crippen LogP) is 0.960. The number of hydrazine groups is 1. The lowest BCUT2D eigenvalue weighted by Gasteiger charge is -2.33. The summed E-state index contributed by atoms with van der Waals surface area (Å²) >= 11 is 0. The van der Waals surface area contributed by atoms with E-state index >= 15 is 0 Å².